The summed E-state index contributed by atoms with van der Waals surface area (Å²) in [6.45, 7) is 1.96. The Morgan fingerprint density at radius 1 is 1.04 bits per heavy atom. The molecular formula is C22H21FN2O. The molecule has 0 aliphatic carbocycles. The lowest BCUT2D eigenvalue weighted by molar-refractivity contribution is -0.121. The van der Waals surface area contributed by atoms with Gasteiger partial charge in [-0.1, -0.05) is 48.5 Å². The number of amides is 1. The topological polar surface area (TPSA) is 42.0 Å². The van der Waals surface area contributed by atoms with Crippen LogP contribution in [-0.2, 0) is 11.2 Å². The molecule has 0 aliphatic heterocycles. The molecule has 4 heteroatoms. The number of nitrogens with one attached hydrogen (secondary N) is 1. The first-order chi connectivity index (χ1) is 12.6. The van der Waals surface area contributed by atoms with Gasteiger partial charge in [0, 0.05) is 18.2 Å². The molecule has 1 atom stereocenters. The average Bonchev–Trinajstić information content (AvgIpc) is 2.68. The summed E-state index contributed by atoms with van der Waals surface area (Å²) in [6.07, 6.45) is 2.69. The van der Waals surface area contributed by atoms with Crippen LogP contribution >= 0.6 is 0 Å². The van der Waals surface area contributed by atoms with Crippen LogP contribution in [0.25, 0.3) is 11.1 Å². The maximum atomic E-state index is 13.0. The van der Waals surface area contributed by atoms with Gasteiger partial charge in [-0.3, -0.25) is 4.79 Å². The molecule has 2 aromatic carbocycles. The van der Waals surface area contributed by atoms with Gasteiger partial charge in [-0.05, 0) is 48.2 Å². The maximum absolute atomic E-state index is 13.0. The van der Waals surface area contributed by atoms with Crippen LogP contribution < -0.4 is 5.32 Å². The number of halogens is 1. The smallest absolute Gasteiger partial charge is 0.220 e. The molecule has 1 aromatic heterocycles. The van der Waals surface area contributed by atoms with Crippen LogP contribution in [0.1, 0.15) is 30.5 Å². The number of aryl methyl sites for hydroxylation is 1. The van der Waals surface area contributed by atoms with Crippen LogP contribution in [0.5, 0.6) is 0 Å². The summed E-state index contributed by atoms with van der Waals surface area (Å²) in [5.41, 5.74) is 3.94. The number of benzene rings is 2. The highest BCUT2D eigenvalue weighted by molar-refractivity contribution is 5.76. The first kappa shape index (κ1) is 17.8. The zero-order valence-electron chi connectivity index (χ0n) is 14.7. The number of nitrogens with zero attached hydrogens (tertiary/aromatic N) is 1. The molecular weight excluding hydrogens is 327 g/mol. The summed E-state index contributed by atoms with van der Waals surface area (Å²) in [5, 5.41) is 3.04. The predicted molar refractivity (Wildman–Crippen MR) is 101 cm³/mol. The summed E-state index contributed by atoms with van der Waals surface area (Å²) < 4.78 is 13.0. The van der Waals surface area contributed by atoms with Crippen molar-refractivity contribution >= 4 is 5.91 Å². The Balaban J connectivity index is 1.62. The molecule has 0 bridgehead atoms. The molecule has 26 heavy (non-hydrogen) atoms. The maximum Gasteiger partial charge on any atom is 0.220 e. The first-order valence-corrected chi connectivity index (χ1v) is 8.67. The second-order valence-electron chi connectivity index (χ2n) is 6.27. The Hall–Kier alpha value is -3.01. The van der Waals surface area contributed by atoms with E-state index in [-0.39, 0.29) is 11.9 Å². The van der Waals surface area contributed by atoms with Gasteiger partial charge in [-0.15, -0.1) is 0 Å². The Labute approximate surface area is 152 Å². The zero-order valence-corrected chi connectivity index (χ0v) is 14.7. The summed E-state index contributed by atoms with van der Waals surface area (Å²) in [7, 11) is 0. The molecule has 0 fully saturated rings. The van der Waals surface area contributed by atoms with E-state index in [0.29, 0.717) is 6.42 Å². The fourth-order valence-electron chi connectivity index (χ4n) is 2.83. The van der Waals surface area contributed by atoms with Crippen LogP contribution in [0.3, 0.4) is 0 Å². The highest BCUT2D eigenvalue weighted by Gasteiger charge is 2.11. The van der Waals surface area contributed by atoms with Gasteiger partial charge in [0.1, 0.15) is 0 Å². The summed E-state index contributed by atoms with van der Waals surface area (Å²) in [5.74, 6) is -0.473. The standard InChI is InChI=1S/C22H21FN2O/c1-16(25-22(26)13-10-17-6-3-2-4-7-17)18-8-5-9-19(14-18)20-11-12-21(23)24-15-20/h2-9,11-12,14-16H,10,13H2,1H3,(H,25,26). The number of rotatable bonds is 6. The van der Waals surface area contributed by atoms with Gasteiger partial charge in [-0.25, -0.2) is 4.98 Å². The van der Waals surface area contributed by atoms with Crippen molar-refractivity contribution in [1.29, 1.82) is 0 Å². The number of aromatic nitrogens is 1. The van der Waals surface area contributed by atoms with E-state index < -0.39 is 5.95 Å². The number of carbonyl (C=O) groups is 1. The van der Waals surface area contributed by atoms with Gasteiger partial charge >= 0.3 is 0 Å². The zero-order chi connectivity index (χ0) is 18.4. The van der Waals surface area contributed by atoms with Gasteiger partial charge < -0.3 is 5.32 Å². The molecule has 0 spiro atoms. The van der Waals surface area contributed by atoms with Crippen molar-refractivity contribution in [2.45, 2.75) is 25.8 Å². The molecule has 3 nitrogen and oxygen atoms in total. The lowest BCUT2D eigenvalue weighted by Gasteiger charge is -2.15. The molecule has 1 heterocycles. The van der Waals surface area contributed by atoms with E-state index in [2.05, 4.69) is 10.3 Å². The largest absolute Gasteiger partial charge is 0.350 e. The summed E-state index contributed by atoms with van der Waals surface area (Å²) in [4.78, 5) is 15.9. The van der Waals surface area contributed by atoms with Crippen molar-refractivity contribution in [2.24, 2.45) is 0 Å². The number of hydrogen-bond acceptors (Lipinski definition) is 2. The SMILES string of the molecule is CC(NC(=O)CCc1ccccc1)c1cccc(-c2ccc(F)nc2)c1. The van der Waals surface area contributed by atoms with Gasteiger partial charge in [0.25, 0.3) is 0 Å². The van der Waals surface area contributed by atoms with Crippen molar-refractivity contribution in [3.05, 3.63) is 90.0 Å². The second-order valence-corrected chi connectivity index (χ2v) is 6.27. The van der Waals surface area contributed by atoms with Crippen LogP contribution in [0, 0.1) is 5.95 Å². The molecule has 0 saturated heterocycles. The Morgan fingerprint density at radius 3 is 2.58 bits per heavy atom. The van der Waals surface area contributed by atoms with E-state index in [1.807, 2.05) is 61.5 Å². The number of carbonyl (C=O) groups excluding carboxylic acids is 1. The lowest BCUT2D eigenvalue weighted by Crippen LogP contribution is -2.26. The monoisotopic (exact) mass is 348 g/mol. The fourth-order valence-corrected chi connectivity index (χ4v) is 2.83. The predicted octanol–water partition coefficient (Wildman–Crippen LogP) is 4.70. The highest BCUT2D eigenvalue weighted by atomic mass is 19.1. The van der Waals surface area contributed by atoms with Crippen LogP contribution in [0.4, 0.5) is 4.39 Å². The van der Waals surface area contributed by atoms with Crippen molar-refractivity contribution in [3.63, 3.8) is 0 Å². The summed E-state index contributed by atoms with van der Waals surface area (Å²) >= 11 is 0. The minimum atomic E-state index is -0.496. The van der Waals surface area contributed by atoms with E-state index in [4.69, 9.17) is 0 Å². The van der Waals surface area contributed by atoms with Gasteiger partial charge in [-0.2, -0.15) is 4.39 Å². The third-order valence-electron chi connectivity index (χ3n) is 4.31. The average molecular weight is 348 g/mol. The van der Waals surface area contributed by atoms with Crippen molar-refractivity contribution in [1.82, 2.24) is 10.3 Å². The quantitative estimate of drug-likeness (QED) is 0.656. The fraction of sp³-hybridized carbons (Fsp3) is 0.182. The Bertz CT molecular complexity index is 863. The molecule has 0 saturated carbocycles. The van der Waals surface area contributed by atoms with Crippen molar-refractivity contribution in [2.75, 3.05) is 0 Å². The van der Waals surface area contributed by atoms with Crippen molar-refractivity contribution < 1.29 is 9.18 Å². The lowest BCUT2D eigenvalue weighted by atomic mass is 10.0. The molecule has 1 unspecified atom stereocenters. The number of hydrogen-bond donors (Lipinski definition) is 1. The number of pyridine rings is 1. The van der Waals surface area contributed by atoms with E-state index in [1.165, 1.54) is 12.3 Å². The summed E-state index contributed by atoms with van der Waals surface area (Å²) in [6, 6.07) is 20.8. The first-order valence-electron chi connectivity index (χ1n) is 8.67. The van der Waals surface area contributed by atoms with Crippen LogP contribution in [0.2, 0.25) is 0 Å². The van der Waals surface area contributed by atoms with Crippen molar-refractivity contribution in [3.8, 4) is 11.1 Å². The van der Waals surface area contributed by atoms with E-state index in [0.717, 1.165) is 28.7 Å². The Morgan fingerprint density at radius 2 is 1.85 bits per heavy atom. The normalized spacial score (nSPS) is 11.8. The van der Waals surface area contributed by atoms with Crippen LogP contribution in [0.15, 0.2) is 72.9 Å². The highest BCUT2D eigenvalue weighted by Crippen LogP contribution is 2.23. The van der Waals surface area contributed by atoms with E-state index >= 15 is 0 Å². The molecule has 0 radical (unpaired) electrons. The van der Waals surface area contributed by atoms with E-state index in [1.54, 1.807) is 6.07 Å². The van der Waals surface area contributed by atoms with Crippen LogP contribution in [-0.4, -0.2) is 10.9 Å². The third-order valence-corrected chi connectivity index (χ3v) is 4.31. The molecule has 1 N–H and O–H groups in total. The third kappa shape index (κ3) is 4.76. The molecule has 132 valence electrons. The molecule has 3 aromatic rings. The minimum absolute atomic E-state index is 0.0233. The molecule has 3 rings (SSSR count). The van der Waals surface area contributed by atoms with Gasteiger partial charge in [0.15, 0.2) is 0 Å². The Kier molecular flexibility index (Phi) is 5.74. The molecule has 1 amide bonds. The van der Waals surface area contributed by atoms with Gasteiger partial charge in [0.05, 0.1) is 6.04 Å². The van der Waals surface area contributed by atoms with Gasteiger partial charge in [0.2, 0.25) is 11.9 Å². The molecule has 0 aliphatic rings. The minimum Gasteiger partial charge on any atom is -0.350 e. The van der Waals surface area contributed by atoms with E-state index in [9.17, 15) is 9.18 Å². The second kappa shape index (κ2) is 8.39.